The smallest absolute Gasteiger partial charge is 0.345 e. The van der Waals surface area contributed by atoms with Gasteiger partial charge in [0.05, 0.1) is 7.11 Å². The van der Waals surface area contributed by atoms with Crippen molar-refractivity contribution in [2.45, 2.75) is 6.92 Å². The van der Waals surface area contributed by atoms with Gasteiger partial charge in [0.25, 0.3) is 5.56 Å². The fraction of sp³-hybridized carbons (Fsp3) is 0.222. The average Bonchev–Trinajstić information content (AvgIpc) is 2.54. The molecule has 92 valence electrons. The molecule has 5 N–H and O–H groups in total. The van der Waals surface area contributed by atoms with Crippen molar-refractivity contribution in [1.82, 2.24) is 14.6 Å². The van der Waals surface area contributed by atoms with Crippen molar-refractivity contribution in [2.24, 2.45) is 0 Å². The summed E-state index contributed by atoms with van der Waals surface area (Å²) >= 11 is 0. The lowest BCUT2D eigenvalue weighted by atomic mass is 10.3. The number of esters is 1. The molecule has 2 aromatic heterocycles. The monoisotopic (exact) mass is 240 g/mol. The number of aromatic amines is 1. The maximum atomic E-state index is 11.6. The predicted molar refractivity (Wildman–Crippen MR) is 59.9 cm³/mol. The van der Waals surface area contributed by atoms with Gasteiger partial charge in [-0.25, -0.2) is 9.78 Å². The van der Waals surface area contributed by atoms with Gasteiger partial charge in [0.15, 0.2) is 5.65 Å². The lowest BCUT2D eigenvalue weighted by Gasteiger charge is -1.97. The van der Waals surface area contributed by atoms with E-state index in [1.807, 2.05) is 0 Å². The van der Waals surface area contributed by atoms with E-state index in [0.717, 1.165) is 4.52 Å². The number of hydrogen-bond acceptors (Lipinski definition) is 5. The third-order valence-corrected chi connectivity index (χ3v) is 2.16. The molecule has 17 heavy (non-hydrogen) atoms. The van der Waals surface area contributed by atoms with E-state index in [1.54, 1.807) is 6.92 Å². The first-order chi connectivity index (χ1) is 7.54. The van der Waals surface area contributed by atoms with E-state index in [9.17, 15) is 9.59 Å². The van der Waals surface area contributed by atoms with Crippen molar-refractivity contribution in [3.05, 3.63) is 27.7 Å². The van der Waals surface area contributed by atoms with Gasteiger partial charge >= 0.3 is 5.97 Å². The molecular weight excluding hydrogens is 228 g/mol. The van der Waals surface area contributed by atoms with Crippen molar-refractivity contribution in [3.8, 4) is 0 Å². The molecule has 0 aromatic carbocycles. The van der Waals surface area contributed by atoms with E-state index in [4.69, 9.17) is 5.73 Å². The zero-order valence-electron chi connectivity index (χ0n) is 9.27. The molecule has 0 aliphatic rings. The number of rotatable bonds is 1. The number of H-pyrrole nitrogens is 1. The summed E-state index contributed by atoms with van der Waals surface area (Å²) in [6.45, 7) is 1.66. The van der Waals surface area contributed by atoms with Gasteiger partial charge in [0.1, 0.15) is 11.4 Å². The van der Waals surface area contributed by atoms with Crippen LogP contribution < -0.4 is 11.3 Å². The summed E-state index contributed by atoms with van der Waals surface area (Å²) in [5.74, 6) is -0.573. The van der Waals surface area contributed by atoms with Gasteiger partial charge in [-0.15, -0.1) is 0 Å². The SMILES string of the molecule is COC(=O)c1c(N)[nH]n2c(=O)cc(C)nc12.O. The molecule has 8 nitrogen and oxygen atoms in total. The van der Waals surface area contributed by atoms with E-state index in [-0.39, 0.29) is 28.1 Å². The number of nitrogen functional groups attached to an aromatic ring is 1. The molecule has 2 heterocycles. The number of carbonyl (C=O) groups is 1. The van der Waals surface area contributed by atoms with E-state index in [1.165, 1.54) is 13.2 Å². The Hall–Kier alpha value is -2.35. The predicted octanol–water partition coefficient (Wildman–Crippen LogP) is -1.12. The highest BCUT2D eigenvalue weighted by Crippen LogP contribution is 2.15. The van der Waals surface area contributed by atoms with Crippen LogP contribution in [0, 0.1) is 6.92 Å². The largest absolute Gasteiger partial charge is 0.465 e. The van der Waals surface area contributed by atoms with Crippen LogP contribution in [0.25, 0.3) is 5.65 Å². The molecule has 0 aliphatic carbocycles. The first-order valence-electron chi connectivity index (χ1n) is 4.50. The Kier molecular flexibility index (Phi) is 3.19. The van der Waals surface area contributed by atoms with E-state index in [0.29, 0.717) is 5.69 Å². The summed E-state index contributed by atoms with van der Waals surface area (Å²) < 4.78 is 5.67. The summed E-state index contributed by atoms with van der Waals surface area (Å²) in [5, 5.41) is 2.56. The molecule has 0 spiro atoms. The second-order valence-corrected chi connectivity index (χ2v) is 3.29. The molecular formula is C9H12N4O4. The Labute approximate surface area is 95.3 Å². The molecule has 8 heteroatoms. The number of carbonyl (C=O) groups excluding carboxylic acids is 1. The minimum atomic E-state index is -0.631. The topological polar surface area (TPSA) is 134 Å². The highest BCUT2D eigenvalue weighted by molar-refractivity contribution is 6.00. The minimum Gasteiger partial charge on any atom is -0.465 e. The van der Waals surface area contributed by atoms with Crippen LogP contribution in [0.2, 0.25) is 0 Å². The molecule has 2 aromatic rings. The van der Waals surface area contributed by atoms with Crippen LogP contribution in [0.15, 0.2) is 10.9 Å². The van der Waals surface area contributed by atoms with Crippen molar-refractivity contribution in [2.75, 3.05) is 12.8 Å². The third-order valence-electron chi connectivity index (χ3n) is 2.16. The highest BCUT2D eigenvalue weighted by Gasteiger charge is 2.19. The molecule has 0 aliphatic heterocycles. The number of methoxy groups -OCH3 is 1. The van der Waals surface area contributed by atoms with Gasteiger partial charge in [-0.2, -0.15) is 4.52 Å². The van der Waals surface area contributed by atoms with Crippen LogP contribution in [0.1, 0.15) is 16.1 Å². The van der Waals surface area contributed by atoms with Crippen molar-refractivity contribution in [1.29, 1.82) is 0 Å². The average molecular weight is 240 g/mol. The number of ether oxygens (including phenoxy) is 1. The summed E-state index contributed by atoms with van der Waals surface area (Å²) in [6.07, 6.45) is 0. The van der Waals surface area contributed by atoms with Gasteiger partial charge in [0.2, 0.25) is 0 Å². The minimum absolute atomic E-state index is 0. The quantitative estimate of drug-likeness (QED) is 0.608. The molecule has 2 rings (SSSR count). The standard InChI is InChI=1S/C9H10N4O3.H2O/c1-4-3-5(14)13-8(11-4)6(7(10)12-13)9(15)16-2;/h3,12H,10H2,1-2H3;1H2. The summed E-state index contributed by atoms with van der Waals surface area (Å²) in [4.78, 5) is 27.1. The Bertz CT molecular complexity index is 628. The Morgan fingerprint density at radius 2 is 2.24 bits per heavy atom. The Balaban J connectivity index is 0.00000144. The maximum Gasteiger partial charge on any atom is 0.345 e. The Morgan fingerprint density at radius 1 is 1.59 bits per heavy atom. The second kappa shape index (κ2) is 4.26. The highest BCUT2D eigenvalue weighted by atomic mass is 16.5. The zero-order chi connectivity index (χ0) is 11.9. The van der Waals surface area contributed by atoms with Crippen molar-refractivity contribution >= 4 is 17.4 Å². The molecule has 0 radical (unpaired) electrons. The number of hydrogen-bond donors (Lipinski definition) is 2. The van der Waals surface area contributed by atoms with Crippen LogP contribution in [-0.4, -0.2) is 33.2 Å². The number of nitrogens with one attached hydrogen (secondary N) is 1. The van der Waals surface area contributed by atoms with Gasteiger partial charge in [-0.05, 0) is 6.92 Å². The zero-order valence-corrected chi connectivity index (χ0v) is 9.27. The lowest BCUT2D eigenvalue weighted by molar-refractivity contribution is 0.0604. The van der Waals surface area contributed by atoms with Crippen molar-refractivity contribution in [3.63, 3.8) is 0 Å². The molecule has 0 unspecified atom stereocenters. The first-order valence-corrected chi connectivity index (χ1v) is 4.50. The van der Waals surface area contributed by atoms with Crippen molar-refractivity contribution < 1.29 is 15.0 Å². The number of nitrogens with zero attached hydrogens (tertiary/aromatic N) is 2. The summed E-state index contributed by atoms with van der Waals surface area (Å²) in [7, 11) is 1.24. The molecule has 0 amide bonds. The molecule has 0 atom stereocenters. The van der Waals surface area contributed by atoms with Gasteiger partial charge < -0.3 is 15.9 Å². The van der Waals surface area contributed by atoms with Crippen LogP contribution in [0.3, 0.4) is 0 Å². The summed E-state index contributed by atoms with van der Waals surface area (Å²) in [5.41, 5.74) is 6.02. The molecule has 0 bridgehead atoms. The lowest BCUT2D eigenvalue weighted by Crippen LogP contribution is -2.15. The van der Waals surface area contributed by atoms with Crippen LogP contribution >= 0.6 is 0 Å². The van der Waals surface area contributed by atoms with Gasteiger partial charge in [-0.1, -0.05) is 0 Å². The van der Waals surface area contributed by atoms with Crippen LogP contribution in [0.4, 0.5) is 5.82 Å². The Morgan fingerprint density at radius 3 is 2.82 bits per heavy atom. The number of anilines is 1. The van der Waals surface area contributed by atoms with Crippen LogP contribution in [-0.2, 0) is 4.74 Å². The number of nitrogens with two attached hydrogens (primary N) is 1. The fourth-order valence-corrected chi connectivity index (χ4v) is 1.47. The number of fused-ring (bicyclic) bond motifs is 1. The maximum absolute atomic E-state index is 11.6. The molecule has 0 saturated carbocycles. The van der Waals surface area contributed by atoms with E-state index >= 15 is 0 Å². The second-order valence-electron chi connectivity index (χ2n) is 3.29. The summed E-state index contributed by atoms with van der Waals surface area (Å²) in [6, 6.07) is 1.34. The van der Waals surface area contributed by atoms with Gasteiger partial charge in [0, 0.05) is 11.8 Å². The molecule has 0 saturated heterocycles. The van der Waals surface area contributed by atoms with E-state index < -0.39 is 5.97 Å². The third kappa shape index (κ3) is 1.85. The number of aromatic nitrogens is 3. The van der Waals surface area contributed by atoms with Gasteiger partial charge in [-0.3, -0.25) is 9.89 Å². The normalized spacial score (nSPS) is 10.0. The molecule has 0 fully saturated rings. The van der Waals surface area contributed by atoms with Crippen LogP contribution in [0.5, 0.6) is 0 Å². The number of aryl methyl sites for hydroxylation is 1. The first kappa shape index (κ1) is 12.7. The fourth-order valence-electron chi connectivity index (χ4n) is 1.47. The van der Waals surface area contributed by atoms with E-state index in [2.05, 4.69) is 14.8 Å².